The van der Waals surface area contributed by atoms with E-state index in [0.29, 0.717) is 13.1 Å². The van der Waals surface area contributed by atoms with E-state index in [2.05, 4.69) is 23.3 Å². The average Bonchev–Trinajstić information content (AvgIpc) is 3.22. The van der Waals surface area contributed by atoms with Crippen molar-refractivity contribution in [3.8, 4) is 11.8 Å². The second-order valence-electron chi connectivity index (χ2n) is 6.44. The third kappa shape index (κ3) is 3.62. The first-order valence-electron chi connectivity index (χ1n) is 8.69. The molecule has 1 aromatic carbocycles. The summed E-state index contributed by atoms with van der Waals surface area (Å²) in [6.07, 6.45) is 2.53. The highest BCUT2D eigenvalue weighted by Crippen LogP contribution is 2.26. The Hall–Kier alpha value is -2.52. The highest BCUT2D eigenvalue weighted by molar-refractivity contribution is 5.86. The maximum atomic E-state index is 12.2. The Morgan fingerprint density at radius 3 is 3.12 bits per heavy atom. The van der Waals surface area contributed by atoms with Crippen LogP contribution in [-0.2, 0) is 11.2 Å². The molecule has 1 aromatic heterocycles. The number of aromatic nitrogens is 1. The number of nitrogens with one attached hydrogen (secondary N) is 2. The minimum atomic E-state index is -0.252. The van der Waals surface area contributed by atoms with Gasteiger partial charge in [0.1, 0.15) is 11.8 Å². The number of nitrogens with zero attached hydrogens (tertiary/aromatic N) is 2. The van der Waals surface area contributed by atoms with Crippen molar-refractivity contribution in [2.75, 3.05) is 26.7 Å². The number of nitriles is 1. The van der Waals surface area contributed by atoms with Crippen LogP contribution in [0.25, 0.3) is 10.9 Å². The molecule has 0 radical (unpaired) electrons. The van der Waals surface area contributed by atoms with E-state index in [4.69, 9.17) is 10.00 Å². The standard InChI is InChI=1S/C19H24N4O2/c1-13-16(17-10-15(25-2)5-6-18(17)22-13)7-8-21-12-19(24)23-9-3-4-14(23)11-20/h5-6,10,14,21-22H,3-4,7-9,12H2,1-2H3. The predicted octanol–water partition coefficient (Wildman–Crippen LogP) is 2.13. The third-order valence-electron chi connectivity index (χ3n) is 4.88. The first-order chi connectivity index (χ1) is 12.1. The van der Waals surface area contributed by atoms with E-state index in [1.807, 2.05) is 18.2 Å². The minimum absolute atomic E-state index is 0.0152. The molecule has 1 aliphatic rings. The smallest absolute Gasteiger partial charge is 0.237 e. The normalized spacial score (nSPS) is 17.0. The molecule has 1 aliphatic heterocycles. The zero-order valence-corrected chi connectivity index (χ0v) is 14.8. The molecule has 1 unspecified atom stereocenters. The van der Waals surface area contributed by atoms with Crippen LogP contribution in [0.15, 0.2) is 18.2 Å². The number of rotatable bonds is 6. The van der Waals surface area contributed by atoms with Crippen LogP contribution in [0.2, 0.25) is 0 Å². The monoisotopic (exact) mass is 340 g/mol. The lowest BCUT2D eigenvalue weighted by atomic mass is 10.1. The molecule has 3 rings (SSSR count). The Bertz CT molecular complexity index is 806. The fraction of sp³-hybridized carbons (Fsp3) is 0.474. The van der Waals surface area contributed by atoms with E-state index in [1.165, 1.54) is 5.56 Å². The molecular weight excluding hydrogens is 316 g/mol. The lowest BCUT2D eigenvalue weighted by molar-refractivity contribution is -0.130. The van der Waals surface area contributed by atoms with Crippen molar-refractivity contribution < 1.29 is 9.53 Å². The van der Waals surface area contributed by atoms with E-state index < -0.39 is 0 Å². The van der Waals surface area contributed by atoms with Crippen LogP contribution in [0.1, 0.15) is 24.1 Å². The molecule has 132 valence electrons. The quantitative estimate of drug-likeness (QED) is 0.790. The molecule has 0 bridgehead atoms. The molecule has 25 heavy (non-hydrogen) atoms. The SMILES string of the molecule is COc1ccc2[nH]c(C)c(CCNCC(=O)N3CCCC3C#N)c2c1. The number of aromatic amines is 1. The van der Waals surface area contributed by atoms with Crippen molar-refractivity contribution in [3.63, 3.8) is 0 Å². The lowest BCUT2D eigenvalue weighted by Gasteiger charge is -2.19. The summed E-state index contributed by atoms with van der Waals surface area (Å²) in [5.74, 6) is 0.855. The lowest BCUT2D eigenvalue weighted by Crippen LogP contribution is -2.41. The van der Waals surface area contributed by atoms with E-state index in [9.17, 15) is 4.79 Å². The van der Waals surface area contributed by atoms with Crippen molar-refractivity contribution >= 4 is 16.8 Å². The van der Waals surface area contributed by atoms with Crippen LogP contribution in [0.5, 0.6) is 5.75 Å². The first-order valence-corrected chi connectivity index (χ1v) is 8.69. The summed E-state index contributed by atoms with van der Waals surface area (Å²) in [5.41, 5.74) is 3.48. The number of H-pyrrole nitrogens is 1. The molecule has 2 heterocycles. The summed E-state index contributed by atoms with van der Waals surface area (Å²) in [6.45, 7) is 3.75. The summed E-state index contributed by atoms with van der Waals surface area (Å²) in [6, 6.07) is 7.97. The summed E-state index contributed by atoms with van der Waals surface area (Å²) in [7, 11) is 1.67. The molecule has 0 spiro atoms. The van der Waals surface area contributed by atoms with Crippen molar-refractivity contribution in [1.29, 1.82) is 5.26 Å². The number of likely N-dealkylation sites (tertiary alicyclic amines) is 1. The number of benzene rings is 1. The molecule has 6 nitrogen and oxygen atoms in total. The van der Waals surface area contributed by atoms with E-state index >= 15 is 0 Å². The molecule has 0 saturated carbocycles. The molecule has 0 aliphatic carbocycles. The maximum Gasteiger partial charge on any atom is 0.237 e. The molecular formula is C19H24N4O2. The average molecular weight is 340 g/mol. The van der Waals surface area contributed by atoms with E-state index in [-0.39, 0.29) is 18.5 Å². The van der Waals surface area contributed by atoms with Crippen LogP contribution < -0.4 is 10.1 Å². The zero-order chi connectivity index (χ0) is 17.8. The predicted molar refractivity (Wildman–Crippen MR) is 96.5 cm³/mol. The van der Waals surface area contributed by atoms with E-state index in [1.54, 1.807) is 12.0 Å². The number of hydrogen-bond donors (Lipinski definition) is 2. The van der Waals surface area contributed by atoms with Crippen molar-refractivity contribution in [2.45, 2.75) is 32.2 Å². The summed E-state index contributed by atoms with van der Waals surface area (Å²) < 4.78 is 5.32. The molecule has 1 amide bonds. The topological polar surface area (TPSA) is 81.2 Å². The molecule has 6 heteroatoms. The van der Waals surface area contributed by atoms with E-state index in [0.717, 1.165) is 41.6 Å². The van der Waals surface area contributed by atoms with Gasteiger partial charge in [-0.1, -0.05) is 0 Å². The minimum Gasteiger partial charge on any atom is -0.497 e. The fourth-order valence-corrected chi connectivity index (χ4v) is 3.52. The number of carbonyl (C=O) groups is 1. The number of amides is 1. The fourth-order valence-electron chi connectivity index (χ4n) is 3.52. The first kappa shape index (κ1) is 17.3. The Labute approximate surface area is 147 Å². The van der Waals surface area contributed by atoms with Crippen molar-refractivity contribution in [1.82, 2.24) is 15.2 Å². The van der Waals surface area contributed by atoms with Gasteiger partial charge in [0, 0.05) is 23.1 Å². The van der Waals surface area contributed by atoms with Gasteiger partial charge >= 0.3 is 0 Å². The van der Waals surface area contributed by atoms with Crippen molar-refractivity contribution in [3.05, 3.63) is 29.5 Å². The van der Waals surface area contributed by atoms with Gasteiger partial charge in [-0.15, -0.1) is 0 Å². The van der Waals surface area contributed by atoms with Gasteiger partial charge in [-0.2, -0.15) is 5.26 Å². The Morgan fingerprint density at radius 2 is 2.36 bits per heavy atom. The van der Waals surface area contributed by atoms with Crippen LogP contribution >= 0.6 is 0 Å². The van der Waals surface area contributed by atoms with Crippen LogP contribution in [0.3, 0.4) is 0 Å². The van der Waals surface area contributed by atoms with Gasteiger partial charge in [-0.25, -0.2) is 0 Å². The van der Waals surface area contributed by atoms with Gasteiger partial charge in [0.15, 0.2) is 0 Å². The number of aryl methyl sites for hydroxylation is 1. The third-order valence-corrected chi connectivity index (χ3v) is 4.88. The molecule has 1 fully saturated rings. The van der Waals surface area contributed by atoms with Gasteiger partial charge in [-0.05, 0) is 56.5 Å². The summed E-state index contributed by atoms with van der Waals surface area (Å²) in [4.78, 5) is 17.3. The number of fused-ring (bicyclic) bond motifs is 1. The van der Waals surface area contributed by atoms with Crippen LogP contribution in [0.4, 0.5) is 0 Å². The van der Waals surface area contributed by atoms with Gasteiger partial charge in [0.25, 0.3) is 0 Å². The number of methoxy groups -OCH3 is 1. The Morgan fingerprint density at radius 1 is 1.52 bits per heavy atom. The van der Waals surface area contributed by atoms with Gasteiger partial charge < -0.3 is 19.9 Å². The van der Waals surface area contributed by atoms with Crippen LogP contribution in [0, 0.1) is 18.3 Å². The van der Waals surface area contributed by atoms with Gasteiger partial charge in [0.2, 0.25) is 5.91 Å². The Balaban J connectivity index is 1.57. The zero-order valence-electron chi connectivity index (χ0n) is 14.8. The molecule has 2 aromatic rings. The van der Waals surface area contributed by atoms with Gasteiger partial charge in [-0.3, -0.25) is 4.79 Å². The van der Waals surface area contributed by atoms with Crippen molar-refractivity contribution in [2.24, 2.45) is 0 Å². The molecule has 2 N–H and O–H groups in total. The second-order valence-corrected chi connectivity index (χ2v) is 6.44. The molecule has 1 atom stereocenters. The number of hydrogen-bond acceptors (Lipinski definition) is 4. The number of ether oxygens (including phenoxy) is 1. The summed E-state index contributed by atoms with van der Waals surface area (Å²) >= 11 is 0. The highest BCUT2D eigenvalue weighted by atomic mass is 16.5. The number of carbonyl (C=O) groups excluding carboxylic acids is 1. The summed E-state index contributed by atoms with van der Waals surface area (Å²) in [5, 5.41) is 13.5. The second kappa shape index (κ2) is 7.58. The van der Waals surface area contributed by atoms with Crippen LogP contribution in [-0.4, -0.2) is 48.6 Å². The molecule has 1 saturated heterocycles. The highest BCUT2D eigenvalue weighted by Gasteiger charge is 2.27. The maximum absolute atomic E-state index is 12.2. The van der Waals surface area contributed by atoms with Gasteiger partial charge in [0.05, 0.1) is 19.7 Å². The largest absolute Gasteiger partial charge is 0.497 e. The Kier molecular flexibility index (Phi) is 5.25.